The van der Waals surface area contributed by atoms with Crippen molar-refractivity contribution < 1.29 is 14.3 Å². The van der Waals surface area contributed by atoms with Crippen LogP contribution in [-0.4, -0.2) is 43.2 Å². The fourth-order valence-electron chi connectivity index (χ4n) is 1.48. The number of carbonyl (C=O) groups is 2. The van der Waals surface area contributed by atoms with Gasteiger partial charge in [-0.25, -0.2) is 0 Å². The van der Waals surface area contributed by atoms with E-state index < -0.39 is 5.97 Å². The Hall–Kier alpha value is -1.20. The highest BCUT2D eigenvalue weighted by Crippen LogP contribution is 2.21. The molecule has 0 aliphatic heterocycles. The van der Waals surface area contributed by atoms with Crippen molar-refractivity contribution in [2.24, 2.45) is 0 Å². The van der Waals surface area contributed by atoms with Crippen LogP contribution in [0.3, 0.4) is 0 Å². The molecule has 0 aromatic heterocycles. The molecule has 1 aromatic rings. The number of methoxy groups -OCH3 is 1. The largest absolute Gasteiger partial charge is 0.468 e. The Bertz CT molecular complexity index is 450. The molecule has 0 aliphatic carbocycles. The van der Waals surface area contributed by atoms with E-state index in [4.69, 9.17) is 11.6 Å². The van der Waals surface area contributed by atoms with Gasteiger partial charge in [0.15, 0.2) is 0 Å². The summed E-state index contributed by atoms with van der Waals surface area (Å²) in [6, 6.07) is 7.61. The van der Waals surface area contributed by atoms with Gasteiger partial charge < -0.3 is 9.64 Å². The highest BCUT2D eigenvalue weighted by molar-refractivity contribution is 7.99. The van der Waals surface area contributed by atoms with Crippen LogP contribution in [0, 0.1) is 0 Å². The molecule has 4 nitrogen and oxygen atoms in total. The molecule has 1 amide bonds. The van der Waals surface area contributed by atoms with Gasteiger partial charge in [0.05, 0.1) is 7.11 Å². The van der Waals surface area contributed by atoms with E-state index in [0.29, 0.717) is 11.4 Å². The summed E-state index contributed by atoms with van der Waals surface area (Å²) in [4.78, 5) is 25.3. The standard InChI is InChI=1S/C14H18ClNO3S/c1-16(10-14(18)19-2)13(17)4-3-9-20-12-7-5-11(15)6-8-12/h5-8H,3-4,9-10H2,1-2H3. The van der Waals surface area contributed by atoms with Gasteiger partial charge in [0.1, 0.15) is 6.54 Å². The number of hydrogen-bond donors (Lipinski definition) is 0. The highest BCUT2D eigenvalue weighted by Gasteiger charge is 2.12. The molecule has 0 atom stereocenters. The molecule has 0 bridgehead atoms. The third kappa shape index (κ3) is 6.30. The lowest BCUT2D eigenvalue weighted by atomic mass is 10.3. The Morgan fingerprint density at radius 1 is 1.30 bits per heavy atom. The number of halogens is 1. The van der Waals surface area contributed by atoms with Crippen LogP contribution >= 0.6 is 23.4 Å². The topological polar surface area (TPSA) is 46.6 Å². The summed E-state index contributed by atoms with van der Waals surface area (Å²) in [5.74, 6) is 0.392. The van der Waals surface area contributed by atoms with Gasteiger partial charge in [0.2, 0.25) is 5.91 Å². The Morgan fingerprint density at radius 2 is 1.95 bits per heavy atom. The zero-order chi connectivity index (χ0) is 15.0. The lowest BCUT2D eigenvalue weighted by Crippen LogP contribution is -2.32. The van der Waals surface area contributed by atoms with Crippen LogP contribution in [0.1, 0.15) is 12.8 Å². The number of nitrogens with zero attached hydrogens (tertiary/aromatic N) is 1. The molecular formula is C14H18ClNO3S. The number of ether oxygens (including phenoxy) is 1. The van der Waals surface area contributed by atoms with E-state index in [1.807, 2.05) is 24.3 Å². The Balaban J connectivity index is 2.21. The summed E-state index contributed by atoms with van der Waals surface area (Å²) in [7, 11) is 2.91. The fourth-order valence-corrected chi connectivity index (χ4v) is 2.46. The second-order valence-electron chi connectivity index (χ2n) is 4.23. The van der Waals surface area contributed by atoms with Crippen molar-refractivity contribution in [3.8, 4) is 0 Å². The maximum atomic E-state index is 11.7. The van der Waals surface area contributed by atoms with E-state index in [1.165, 1.54) is 12.0 Å². The molecule has 1 aromatic carbocycles. The zero-order valence-electron chi connectivity index (χ0n) is 11.6. The van der Waals surface area contributed by atoms with E-state index in [-0.39, 0.29) is 12.5 Å². The van der Waals surface area contributed by atoms with Crippen LogP contribution in [0.5, 0.6) is 0 Å². The number of benzene rings is 1. The van der Waals surface area contributed by atoms with Crippen molar-refractivity contribution in [1.82, 2.24) is 4.90 Å². The van der Waals surface area contributed by atoms with Crippen LogP contribution in [-0.2, 0) is 14.3 Å². The third-order valence-corrected chi connectivity index (χ3v) is 3.99. The summed E-state index contributed by atoms with van der Waals surface area (Å²) in [5, 5.41) is 0.717. The van der Waals surface area contributed by atoms with Crippen LogP contribution in [0.25, 0.3) is 0 Å². The summed E-state index contributed by atoms with van der Waals surface area (Å²) in [5.41, 5.74) is 0. The molecule has 110 valence electrons. The van der Waals surface area contributed by atoms with Gasteiger partial charge >= 0.3 is 5.97 Å². The van der Waals surface area contributed by atoms with E-state index >= 15 is 0 Å². The monoisotopic (exact) mass is 315 g/mol. The van der Waals surface area contributed by atoms with Crippen LogP contribution in [0.4, 0.5) is 0 Å². The normalized spacial score (nSPS) is 10.2. The minimum Gasteiger partial charge on any atom is -0.468 e. The molecule has 0 radical (unpaired) electrons. The molecule has 6 heteroatoms. The van der Waals surface area contributed by atoms with Gasteiger partial charge in [0, 0.05) is 23.4 Å². The predicted molar refractivity (Wildman–Crippen MR) is 81.1 cm³/mol. The van der Waals surface area contributed by atoms with Gasteiger partial charge in [-0.15, -0.1) is 11.8 Å². The Kier molecular flexibility index (Phi) is 7.47. The first-order valence-corrected chi connectivity index (χ1v) is 7.58. The minimum atomic E-state index is -0.406. The molecule has 1 rings (SSSR count). The number of likely N-dealkylation sites (N-methyl/N-ethyl adjacent to an activating group) is 1. The maximum Gasteiger partial charge on any atom is 0.325 e. The van der Waals surface area contributed by atoms with Gasteiger partial charge in [-0.1, -0.05) is 11.6 Å². The van der Waals surface area contributed by atoms with Crippen LogP contribution < -0.4 is 0 Å². The predicted octanol–water partition coefficient (Wildman–Crippen LogP) is 2.84. The van der Waals surface area contributed by atoms with Crippen molar-refractivity contribution in [2.75, 3.05) is 26.5 Å². The summed E-state index contributed by atoms with van der Waals surface area (Å²) in [6.07, 6.45) is 1.19. The summed E-state index contributed by atoms with van der Waals surface area (Å²) >= 11 is 7.49. The van der Waals surface area contributed by atoms with Gasteiger partial charge in [0.25, 0.3) is 0 Å². The molecule has 20 heavy (non-hydrogen) atoms. The van der Waals surface area contributed by atoms with Crippen molar-refractivity contribution in [3.05, 3.63) is 29.3 Å². The minimum absolute atomic E-state index is 0.000337. The molecular weight excluding hydrogens is 298 g/mol. The second kappa shape index (κ2) is 8.87. The van der Waals surface area contributed by atoms with Crippen LogP contribution in [0.15, 0.2) is 29.2 Å². The first-order valence-electron chi connectivity index (χ1n) is 6.22. The average molecular weight is 316 g/mol. The third-order valence-electron chi connectivity index (χ3n) is 2.64. The quantitative estimate of drug-likeness (QED) is 0.441. The van der Waals surface area contributed by atoms with E-state index in [0.717, 1.165) is 17.1 Å². The SMILES string of the molecule is COC(=O)CN(C)C(=O)CCCSc1ccc(Cl)cc1. The van der Waals surface area contributed by atoms with E-state index in [2.05, 4.69) is 4.74 Å². The van der Waals surface area contributed by atoms with E-state index in [1.54, 1.807) is 18.8 Å². The maximum absolute atomic E-state index is 11.7. The number of hydrogen-bond acceptors (Lipinski definition) is 4. The van der Waals surface area contributed by atoms with Crippen molar-refractivity contribution in [1.29, 1.82) is 0 Å². The molecule has 0 saturated heterocycles. The smallest absolute Gasteiger partial charge is 0.325 e. The number of thioether (sulfide) groups is 1. The van der Waals surface area contributed by atoms with Crippen molar-refractivity contribution >= 4 is 35.2 Å². The molecule has 0 aliphatic rings. The first-order chi connectivity index (χ1) is 9.52. The van der Waals surface area contributed by atoms with Crippen LogP contribution in [0.2, 0.25) is 5.02 Å². The molecule has 0 heterocycles. The number of amides is 1. The van der Waals surface area contributed by atoms with Crippen molar-refractivity contribution in [3.63, 3.8) is 0 Å². The molecule has 0 saturated carbocycles. The van der Waals surface area contributed by atoms with Gasteiger partial charge in [-0.3, -0.25) is 9.59 Å². The molecule has 0 fully saturated rings. The van der Waals surface area contributed by atoms with Gasteiger partial charge in [-0.2, -0.15) is 0 Å². The lowest BCUT2D eigenvalue weighted by Gasteiger charge is -2.15. The number of esters is 1. The zero-order valence-corrected chi connectivity index (χ0v) is 13.2. The van der Waals surface area contributed by atoms with E-state index in [9.17, 15) is 9.59 Å². The first kappa shape index (κ1) is 16.9. The van der Waals surface area contributed by atoms with Crippen molar-refractivity contribution in [2.45, 2.75) is 17.7 Å². The van der Waals surface area contributed by atoms with Gasteiger partial charge in [-0.05, 0) is 36.4 Å². The Morgan fingerprint density at radius 3 is 2.55 bits per heavy atom. The Labute approximate surface area is 128 Å². The summed E-state index contributed by atoms with van der Waals surface area (Å²) in [6.45, 7) is -0.000337. The lowest BCUT2D eigenvalue weighted by molar-refractivity contribution is -0.146. The molecule has 0 spiro atoms. The fraction of sp³-hybridized carbons (Fsp3) is 0.429. The summed E-state index contributed by atoms with van der Waals surface area (Å²) < 4.78 is 4.52. The molecule has 0 N–H and O–H groups in total. The second-order valence-corrected chi connectivity index (χ2v) is 5.84. The average Bonchev–Trinajstić information content (AvgIpc) is 2.44. The molecule has 0 unspecified atom stereocenters. The number of carbonyl (C=O) groups excluding carboxylic acids is 2. The highest BCUT2D eigenvalue weighted by atomic mass is 35.5. The number of rotatable bonds is 7.